The van der Waals surface area contributed by atoms with Gasteiger partial charge in [0.2, 0.25) is 0 Å². The summed E-state index contributed by atoms with van der Waals surface area (Å²) in [7, 11) is 0. The lowest BCUT2D eigenvalue weighted by molar-refractivity contribution is 0.696. The molecule has 0 spiro atoms. The highest BCUT2D eigenvalue weighted by Crippen LogP contribution is 2.40. The van der Waals surface area contributed by atoms with Gasteiger partial charge in [0.25, 0.3) is 0 Å². The molecule has 1 aliphatic heterocycles. The van der Waals surface area contributed by atoms with Crippen LogP contribution in [0.15, 0.2) is 54.9 Å². The lowest BCUT2D eigenvalue weighted by Crippen LogP contribution is -2.22. The van der Waals surface area contributed by atoms with Crippen LogP contribution in [-0.4, -0.2) is 31.3 Å². The van der Waals surface area contributed by atoms with E-state index in [0.29, 0.717) is 17.9 Å². The molecule has 5 rings (SSSR count). The zero-order valence-corrected chi connectivity index (χ0v) is 17.2. The molecule has 2 aromatic carbocycles. The molecule has 8 heteroatoms. The molecule has 1 aliphatic rings. The van der Waals surface area contributed by atoms with Gasteiger partial charge in [0.05, 0.1) is 41.1 Å². The fourth-order valence-electron chi connectivity index (χ4n) is 3.98. The largest absolute Gasteiger partial charge is 0.382 e. The molecule has 0 amide bonds. The number of anilines is 3. The Morgan fingerprint density at radius 2 is 1.84 bits per heavy atom. The zero-order valence-electron chi connectivity index (χ0n) is 17.2. The number of aromatic nitrogens is 5. The van der Waals surface area contributed by atoms with Crippen molar-refractivity contribution in [3.05, 3.63) is 72.1 Å². The Morgan fingerprint density at radius 3 is 2.55 bits per heavy atom. The quantitative estimate of drug-likeness (QED) is 0.538. The summed E-state index contributed by atoms with van der Waals surface area (Å²) >= 11 is 0. The molecule has 0 saturated carbocycles. The first-order valence-corrected chi connectivity index (χ1v) is 9.97. The average Bonchev–Trinajstić information content (AvgIpc) is 3.13. The van der Waals surface area contributed by atoms with E-state index in [2.05, 4.69) is 54.8 Å². The van der Waals surface area contributed by atoms with Crippen molar-refractivity contribution in [2.45, 2.75) is 19.8 Å². The van der Waals surface area contributed by atoms with Gasteiger partial charge in [-0.15, -0.1) is 10.2 Å². The number of nitrogens with zero attached hydrogens (tertiary/aromatic N) is 7. The van der Waals surface area contributed by atoms with Crippen LogP contribution >= 0.6 is 0 Å². The van der Waals surface area contributed by atoms with Gasteiger partial charge in [0, 0.05) is 23.7 Å². The molecule has 0 saturated heterocycles. The molecule has 4 aromatic rings. The van der Waals surface area contributed by atoms with Gasteiger partial charge in [-0.25, -0.2) is 4.98 Å². The molecule has 0 radical (unpaired) electrons. The van der Waals surface area contributed by atoms with E-state index in [1.807, 2.05) is 37.3 Å². The van der Waals surface area contributed by atoms with Crippen LogP contribution < -0.4 is 10.6 Å². The third-order valence-corrected chi connectivity index (χ3v) is 5.53. The molecule has 0 unspecified atom stereocenters. The highest BCUT2D eigenvalue weighted by molar-refractivity contribution is 5.78. The summed E-state index contributed by atoms with van der Waals surface area (Å²) in [5, 5.41) is 18.0. The van der Waals surface area contributed by atoms with Crippen LogP contribution in [0.3, 0.4) is 0 Å². The van der Waals surface area contributed by atoms with Gasteiger partial charge in [-0.2, -0.15) is 5.26 Å². The summed E-state index contributed by atoms with van der Waals surface area (Å²) in [4.78, 5) is 10.9. The fourth-order valence-corrected chi connectivity index (χ4v) is 3.98. The molecule has 3 heterocycles. The first kappa shape index (κ1) is 18.8. The number of rotatable bonds is 2. The van der Waals surface area contributed by atoms with Gasteiger partial charge in [-0.1, -0.05) is 13.0 Å². The second-order valence-corrected chi connectivity index (χ2v) is 7.64. The molecule has 152 valence electrons. The average molecular weight is 408 g/mol. The normalized spacial score (nSPS) is 15.0. The molecule has 0 bridgehead atoms. The van der Waals surface area contributed by atoms with Crippen molar-refractivity contribution in [3.8, 4) is 23.0 Å². The van der Waals surface area contributed by atoms with Crippen molar-refractivity contribution in [1.29, 1.82) is 5.26 Å². The van der Waals surface area contributed by atoms with Crippen LogP contribution in [0.5, 0.6) is 0 Å². The Labute approximate surface area is 179 Å². The van der Waals surface area contributed by atoms with Crippen molar-refractivity contribution in [1.82, 2.24) is 24.7 Å². The van der Waals surface area contributed by atoms with Gasteiger partial charge in [-0.3, -0.25) is 9.55 Å². The third-order valence-electron chi connectivity index (χ3n) is 5.53. The van der Waals surface area contributed by atoms with E-state index < -0.39 is 0 Å². The van der Waals surface area contributed by atoms with E-state index in [-0.39, 0.29) is 5.92 Å². The smallest absolute Gasteiger partial charge is 0.142 e. The SMILES string of the molecule is Cc1nnc2n1-c1ccc(-c3cnc(N)cn3)cc1N(c1ccc(C#N)cc1)C[C@@H]2C. The standard InChI is InChI=1S/C23H20N8/c1-14-13-30(18-6-3-16(10-24)4-7-18)21-9-17(19-11-27-22(25)12-26-19)5-8-20(21)31-15(2)28-29-23(14)31/h3-9,11-12,14H,13H2,1-2H3,(H2,25,27)/t14-/m0/s1. The predicted molar refractivity (Wildman–Crippen MR) is 118 cm³/mol. The number of hydrogen-bond donors (Lipinski definition) is 1. The summed E-state index contributed by atoms with van der Waals surface area (Å²) in [5.41, 5.74) is 11.0. The fraction of sp³-hybridized carbons (Fsp3) is 0.174. The molecule has 2 aromatic heterocycles. The van der Waals surface area contributed by atoms with Crippen LogP contribution in [0.4, 0.5) is 17.2 Å². The van der Waals surface area contributed by atoms with Crippen molar-refractivity contribution < 1.29 is 0 Å². The number of aryl methyl sites for hydroxylation is 1. The topological polar surface area (TPSA) is 110 Å². The molecular formula is C23H20N8. The first-order chi connectivity index (χ1) is 15.0. The molecular weight excluding hydrogens is 388 g/mol. The second kappa shape index (κ2) is 7.22. The Morgan fingerprint density at radius 1 is 1.03 bits per heavy atom. The lowest BCUT2D eigenvalue weighted by atomic mass is 10.1. The van der Waals surface area contributed by atoms with E-state index in [9.17, 15) is 5.26 Å². The van der Waals surface area contributed by atoms with Crippen molar-refractivity contribution in [2.24, 2.45) is 0 Å². The minimum absolute atomic E-state index is 0.143. The van der Waals surface area contributed by atoms with Crippen LogP contribution in [0.1, 0.15) is 30.1 Å². The van der Waals surface area contributed by atoms with Gasteiger partial charge >= 0.3 is 0 Å². The van der Waals surface area contributed by atoms with E-state index in [4.69, 9.17) is 5.73 Å². The molecule has 0 fully saturated rings. The highest BCUT2D eigenvalue weighted by atomic mass is 15.3. The Bertz CT molecular complexity index is 1300. The number of benzene rings is 2. The van der Waals surface area contributed by atoms with Crippen LogP contribution in [-0.2, 0) is 0 Å². The Kier molecular flexibility index (Phi) is 4.37. The summed E-state index contributed by atoms with van der Waals surface area (Å²) in [6, 6.07) is 16.0. The van der Waals surface area contributed by atoms with E-state index >= 15 is 0 Å². The van der Waals surface area contributed by atoms with Gasteiger partial charge < -0.3 is 10.6 Å². The minimum atomic E-state index is 0.143. The summed E-state index contributed by atoms with van der Waals surface area (Å²) in [5.74, 6) is 2.29. The summed E-state index contributed by atoms with van der Waals surface area (Å²) in [6.45, 7) is 4.83. The Hall–Kier alpha value is -4.25. The second-order valence-electron chi connectivity index (χ2n) is 7.64. The maximum absolute atomic E-state index is 9.18. The van der Waals surface area contributed by atoms with Gasteiger partial charge in [0.15, 0.2) is 0 Å². The molecule has 8 nitrogen and oxygen atoms in total. The van der Waals surface area contributed by atoms with Crippen LogP contribution in [0.25, 0.3) is 16.9 Å². The third kappa shape index (κ3) is 3.16. The number of nitrogens with two attached hydrogens (primary N) is 1. The zero-order chi connectivity index (χ0) is 21.5. The van der Waals surface area contributed by atoms with Crippen molar-refractivity contribution in [2.75, 3.05) is 17.2 Å². The highest BCUT2D eigenvalue weighted by Gasteiger charge is 2.28. The molecule has 2 N–H and O–H groups in total. The summed E-state index contributed by atoms with van der Waals surface area (Å²) in [6.07, 6.45) is 3.24. The number of hydrogen-bond acceptors (Lipinski definition) is 7. The summed E-state index contributed by atoms with van der Waals surface area (Å²) < 4.78 is 2.11. The van der Waals surface area contributed by atoms with Gasteiger partial charge in [0.1, 0.15) is 17.5 Å². The first-order valence-electron chi connectivity index (χ1n) is 9.97. The van der Waals surface area contributed by atoms with Crippen LogP contribution in [0.2, 0.25) is 0 Å². The molecule has 31 heavy (non-hydrogen) atoms. The lowest BCUT2D eigenvalue weighted by Gasteiger charge is -2.27. The van der Waals surface area contributed by atoms with Crippen molar-refractivity contribution >= 4 is 17.2 Å². The van der Waals surface area contributed by atoms with Crippen molar-refractivity contribution in [3.63, 3.8) is 0 Å². The number of nitriles is 1. The van der Waals surface area contributed by atoms with E-state index in [1.165, 1.54) is 0 Å². The Balaban J connectivity index is 1.72. The molecule has 1 atom stereocenters. The number of nitrogen functional groups attached to an aromatic ring is 1. The maximum atomic E-state index is 9.18. The van der Waals surface area contributed by atoms with E-state index in [0.717, 1.165) is 40.0 Å². The predicted octanol–water partition coefficient (Wildman–Crippen LogP) is 3.74. The monoisotopic (exact) mass is 408 g/mol. The van der Waals surface area contributed by atoms with Crippen LogP contribution in [0, 0.1) is 18.3 Å². The maximum Gasteiger partial charge on any atom is 0.142 e. The minimum Gasteiger partial charge on any atom is -0.382 e. The molecule has 0 aliphatic carbocycles. The number of fused-ring (bicyclic) bond motifs is 3. The van der Waals surface area contributed by atoms with Gasteiger partial charge in [-0.05, 0) is 43.3 Å². The van der Waals surface area contributed by atoms with E-state index in [1.54, 1.807) is 12.4 Å².